The van der Waals surface area contributed by atoms with E-state index in [0.717, 1.165) is 25.3 Å². The van der Waals surface area contributed by atoms with E-state index in [2.05, 4.69) is 15.4 Å². The molecule has 2 aromatic rings. The van der Waals surface area contributed by atoms with Gasteiger partial charge < -0.3 is 9.88 Å². The summed E-state index contributed by atoms with van der Waals surface area (Å²) in [5.41, 5.74) is 1.19. The van der Waals surface area contributed by atoms with Crippen LogP contribution in [-0.2, 0) is 27.1 Å². The van der Waals surface area contributed by atoms with Gasteiger partial charge >= 0.3 is 0 Å². The molecule has 0 aliphatic rings. The zero-order valence-electron chi connectivity index (χ0n) is 9.72. The molecule has 0 atom stereocenters. The number of aryl methyl sites for hydroxylation is 2. The number of hydrogen-bond acceptors (Lipinski definition) is 3. The Labute approximate surface area is 95.1 Å². The highest BCUT2D eigenvalue weighted by atomic mass is 15.3. The maximum atomic E-state index is 4.27. The summed E-state index contributed by atoms with van der Waals surface area (Å²) in [4.78, 5) is 4.27. The van der Waals surface area contributed by atoms with E-state index in [0.29, 0.717) is 0 Å². The zero-order chi connectivity index (χ0) is 11.4. The first-order valence-electron chi connectivity index (χ1n) is 5.41. The third kappa shape index (κ3) is 2.49. The predicted molar refractivity (Wildman–Crippen MR) is 61.8 cm³/mol. The van der Waals surface area contributed by atoms with Crippen LogP contribution in [0.5, 0.6) is 0 Å². The Balaban J connectivity index is 1.74. The molecule has 0 amide bonds. The Kier molecular flexibility index (Phi) is 3.36. The van der Waals surface area contributed by atoms with Crippen molar-refractivity contribution in [1.29, 1.82) is 0 Å². The van der Waals surface area contributed by atoms with Gasteiger partial charge in [0.05, 0.1) is 5.69 Å². The number of rotatable bonds is 5. The predicted octanol–water partition coefficient (Wildman–Crippen LogP) is 0.486. The van der Waals surface area contributed by atoms with E-state index in [1.807, 2.05) is 48.0 Å². The molecule has 0 saturated carbocycles. The van der Waals surface area contributed by atoms with Crippen molar-refractivity contribution in [2.24, 2.45) is 14.1 Å². The summed E-state index contributed by atoms with van der Waals surface area (Å²) in [7, 11) is 3.97. The van der Waals surface area contributed by atoms with Crippen LogP contribution >= 0.6 is 0 Å². The van der Waals surface area contributed by atoms with Crippen LogP contribution in [0.3, 0.4) is 0 Å². The smallest absolute Gasteiger partial charge is 0.109 e. The Morgan fingerprint density at radius 2 is 2.19 bits per heavy atom. The van der Waals surface area contributed by atoms with Crippen molar-refractivity contribution in [2.75, 3.05) is 6.54 Å². The van der Waals surface area contributed by atoms with Gasteiger partial charge in [-0.1, -0.05) is 0 Å². The number of nitrogens with zero attached hydrogens (tertiary/aromatic N) is 4. The standard InChI is InChI=1S/C11H17N5/c1-15-8-7-13-11(15)4-5-12-9-10-3-6-14-16(10)2/h3,6-8,12H,4-5,9H2,1-2H3. The first kappa shape index (κ1) is 10.9. The van der Waals surface area contributed by atoms with Crippen LogP contribution < -0.4 is 5.32 Å². The van der Waals surface area contributed by atoms with Gasteiger partial charge in [0.2, 0.25) is 0 Å². The molecule has 0 aliphatic heterocycles. The van der Waals surface area contributed by atoms with Gasteiger partial charge in [-0.2, -0.15) is 5.10 Å². The second-order valence-electron chi connectivity index (χ2n) is 3.83. The van der Waals surface area contributed by atoms with Crippen molar-refractivity contribution in [3.8, 4) is 0 Å². The van der Waals surface area contributed by atoms with E-state index in [1.54, 1.807) is 0 Å². The first-order chi connectivity index (χ1) is 7.77. The molecule has 16 heavy (non-hydrogen) atoms. The molecule has 0 fully saturated rings. The van der Waals surface area contributed by atoms with Gasteiger partial charge in [0, 0.05) is 52.2 Å². The second kappa shape index (κ2) is 4.94. The number of nitrogens with one attached hydrogen (secondary N) is 1. The minimum atomic E-state index is 0.848. The van der Waals surface area contributed by atoms with E-state index in [-0.39, 0.29) is 0 Å². The average Bonchev–Trinajstić information content (AvgIpc) is 2.84. The van der Waals surface area contributed by atoms with Gasteiger partial charge in [0.1, 0.15) is 5.82 Å². The van der Waals surface area contributed by atoms with E-state index >= 15 is 0 Å². The average molecular weight is 219 g/mol. The summed E-state index contributed by atoms with van der Waals surface area (Å²) in [5.74, 6) is 1.11. The lowest BCUT2D eigenvalue weighted by atomic mass is 10.3. The molecule has 5 heteroatoms. The Morgan fingerprint density at radius 3 is 2.81 bits per heavy atom. The van der Waals surface area contributed by atoms with Crippen molar-refractivity contribution in [3.05, 3.63) is 36.2 Å². The number of hydrogen-bond donors (Lipinski definition) is 1. The zero-order valence-corrected chi connectivity index (χ0v) is 9.72. The second-order valence-corrected chi connectivity index (χ2v) is 3.83. The molecule has 5 nitrogen and oxygen atoms in total. The molecular formula is C11H17N5. The number of imidazole rings is 1. The van der Waals surface area contributed by atoms with Crippen molar-refractivity contribution in [2.45, 2.75) is 13.0 Å². The van der Waals surface area contributed by atoms with E-state index < -0.39 is 0 Å². The van der Waals surface area contributed by atoms with Crippen LogP contribution in [-0.4, -0.2) is 25.9 Å². The van der Waals surface area contributed by atoms with Crippen LogP contribution in [0.2, 0.25) is 0 Å². The monoisotopic (exact) mass is 219 g/mol. The van der Waals surface area contributed by atoms with Crippen LogP contribution in [0.15, 0.2) is 24.7 Å². The van der Waals surface area contributed by atoms with Crippen LogP contribution in [0, 0.1) is 0 Å². The van der Waals surface area contributed by atoms with Gasteiger partial charge in [-0.25, -0.2) is 4.98 Å². The highest BCUT2D eigenvalue weighted by molar-refractivity contribution is 4.99. The number of aromatic nitrogens is 4. The molecule has 2 aromatic heterocycles. The summed E-state index contributed by atoms with van der Waals surface area (Å²) < 4.78 is 3.93. The molecular weight excluding hydrogens is 202 g/mol. The molecule has 2 heterocycles. The molecule has 86 valence electrons. The van der Waals surface area contributed by atoms with Crippen molar-refractivity contribution < 1.29 is 0 Å². The maximum absolute atomic E-state index is 4.27. The third-order valence-corrected chi connectivity index (χ3v) is 2.67. The highest BCUT2D eigenvalue weighted by Gasteiger charge is 2.00. The molecule has 0 aromatic carbocycles. The SMILES string of the molecule is Cn1ccnc1CCNCc1ccnn1C. The third-order valence-electron chi connectivity index (χ3n) is 2.67. The molecule has 1 N–H and O–H groups in total. The molecule has 0 saturated heterocycles. The van der Waals surface area contributed by atoms with Crippen LogP contribution in [0.25, 0.3) is 0 Å². The van der Waals surface area contributed by atoms with Crippen LogP contribution in [0.1, 0.15) is 11.5 Å². The lowest BCUT2D eigenvalue weighted by molar-refractivity contribution is 0.612. The summed E-state index contributed by atoms with van der Waals surface area (Å²) in [5, 5.41) is 7.50. The van der Waals surface area contributed by atoms with E-state index in [1.165, 1.54) is 5.69 Å². The van der Waals surface area contributed by atoms with Gasteiger partial charge in [-0.15, -0.1) is 0 Å². The normalized spacial score (nSPS) is 10.9. The van der Waals surface area contributed by atoms with Gasteiger partial charge in [0.15, 0.2) is 0 Å². The molecule has 0 radical (unpaired) electrons. The fourth-order valence-electron chi connectivity index (χ4n) is 1.63. The molecule has 0 aliphatic carbocycles. The van der Waals surface area contributed by atoms with Gasteiger partial charge in [-0.3, -0.25) is 4.68 Å². The largest absolute Gasteiger partial charge is 0.338 e. The first-order valence-corrected chi connectivity index (χ1v) is 5.41. The van der Waals surface area contributed by atoms with E-state index in [9.17, 15) is 0 Å². The minimum Gasteiger partial charge on any atom is -0.338 e. The van der Waals surface area contributed by atoms with Gasteiger partial charge in [-0.05, 0) is 6.07 Å². The van der Waals surface area contributed by atoms with E-state index in [4.69, 9.17) is 0 Å². The fourth-order valence-corrected chi connectivity index (χ4v) is 1.63. The molecule has 0 bridgehead atoms. The summed E-state index contributed by atoms with van der Waals surface area (Å²) >= 11 is 0. The lowest BCUT2D eigenvalue weighted by Crippen LogP contribution is -2.19. The topological polar surface area (TPSA) is 47.7 Å². The fraction of sp³-hybridized carbons (Fsp3) is 0.455. The Hall–Kier alpha value is -1.62. The van der Waals surface area contributed by atoms with Crippen molar-refractivity contribution in [3.63, 3.8) is 0 Å². The summed E-state index contributed by atoms with van der Waals surface area (Å²) in [6.07, 6.45) is 6.56. The summed E-state index contributed by atoms with van der Waals surface area (Å²) in [6, 6.07) is 2.02. The van der Waals surface area contributed by atoms with Crippen molar-refractivity contribution >= 4 is 0 Å². The molecule has 0 unspecified atom stereocenters. The Bertz CT molecular complexity index is 400. The minimum absolute atomic E-state index is 0.848. The lowest BCUT2D eigenvalue weighted by Gasteiger charge is -2.05. The highest BCUT2D eigenvalue weighted by Crippen LogP contribution is 1.97. The quantitative estimate of drug-likeness (QED) is 0.744. The molecule has 2 rings (SSSR count). The van der Waals surface area contributed by atoms with Gasteiger partial charge in [0.25, 0.3) is 0 Å². The summed E-state index contributed by atoms with van der Waals surface area (Å²) in [6.45, 7) is 1.77. The Morgan fingerprint density at radius 1 is 1.31 bits per heavy atom. The van der Waals surface area contributed by atoms with Crippen LogP contribution in [0.4, 0.5) is 0 Å². The van der Waals surface area contributed by atoms with Crippen molar-refractivity contribution in [1.82, 2.24) is 24.6 Å². The molecule has 0 spiro atoms. The maximum Gasteiger partial charge on any atom is 0.109 e.